The Labute approximate surface area is 417 Å². The van der Waals surface area contributed by atoms with E-state index in [2.05, 4.69) is 46.4 Å². The second-order valence-electron chi connectivity index (χ2n) is 17.6. The van der Waals surface area contributed by atoms with E-state index in [0.29, 0.717) is 120 Å². The number of Topliss-reactive ketones (excluding diaryl/α,β-unsaturated/α-hetero) is 1. The Kier molecular flexibility index (Phi) is 20.7. The number of hydrogen-bond donors (Lipinski definition) is 5. The van der Waals surface area contributed by atoms with Gasteiger partial charge in [0.15, 0.2) is 11.3 Å². The van der Waals surface area contributed by atoms with E-state index < -0.39 is 11.0 Å². The minimum absolute atomic E-state index is 0.00238. The molecule has 386 valence electrons. The van der Waals surface area contributed by atoms with Gasteiger partial charge in [0.2, 0.25) is 11.9 Å². The number of piperazine rings is 1. The van der Waals surface area contributed by atoms with Gasteiger partial charge in [0, 0.05) is 74.7 Å². The lowest BCUT2D eigenvalue weighted by atomic mass is 10.0. The maximum Gasteiger partial charge on any atom is 0.263 e. The first-order chi connectivity index (χ1) is 34.5. The fourth-order valence-electron chi connectivity index (χ4n) is 8.76. The fraction of sp³-hybridized carbons (Fsp3) is 0.571. The highest BCUT2D eigenvalue weighted by Crippen LogP contribution is 2.32. The van der Waals surface area contributed by atoms with Gasteiger partial charge in [-0.15, -0.1) is 0 Å². The third-order valence-corrected chi connectivity index (χ3v) is 13.5. The van der Waals surface area contributed by atoms with E-state index in [-0.39, 0.29) is 41.3 Å². The van der Waals surface area contributed by atoms with Crippen LogP contribution in [0.3, 0.4) is 0 Å². The number of carbonyl (C=O) groups excluding carboxylic acids is 3. The average Bonchev–Trinajstić information content (AvgIpc) is 4.04. The van der Waals surface area contributed by atoms with Crippen LogP contribution < -0.4 is 37.0 Å². The van der Waals surface area contributed by atoms with Gasteiger partial charge in [-0.25, -0.2) is 14.4 Å². The molecule has 2 amide bonds. The molecule has 3 aromatic heterocycles. The van der Waals surface area contributed by atoms with Crippen molar-refractivity contribution in [2.24, 2.45) is 0 Å². The molecule has 2 unspecified atom stereocenters. The SMILES string of the molecule is CC(=O)c1c(C)c2cnc(Nc3ccc(N4CCN(CC(=O)NCCOCCOCCOCCOCCOCCNc5ccc(C(=O)NC6NCC(F)S6)c(C)c5)CC4)cn3)nc2n(C2CCCC2)c1=O. The molecule has 71 heavy (non-hydrogen) atoms. The maximum absolute atomic E-state index is 13.6. The number of carbonyl (C=O) groups is 3. The van der Waals surface area contributed by atoms with Gasteiger partial charge in [0.1, 0.15) is 17.0 Å². The molecule has 5 N–H and O–H groups in total. The van der Waals surface area contributed by atoms with Crippen LogP contribution in [0.5, 0.6) is 0 Å². The van der Waals surface area contributed by atoms with Crippen LogP contribution in [0, 0.1) is 13.8 Å². The topological polar surface area (TPSA) is 225 Å². The number of alkyl halides is 1. The van der Waals surface area contributed by atoms with Gasteiger partial charge < -0.3 is 49.9 Å². The maximum atomic E-state index is 13.6. The van der Waals surface area contributed by atoms with Crippen LogP contribution in [-0.2, 0) is 28.5 Å². The summed E-state index contributed by atoms with van der Waals surface area (Å²) < 4.78 is 43.0. The molecule has 1 aromatic carbocycles. The number of ketones is 1. The molecule has 5 heterocycles. The average molecular weight is 1010 g/mol. The largest absolute Gasteiger partial charge is 0.383 e. The molecule has 2 saturated heterocycles. The molecule has 20 nitrogen and oxygen atoms in total. The van der Waals surface area contributed by atoms with Crippen LogP contribution in [-0.4, -0.2) is 171 Å². The number of nitrogens with zero attached hydrogens (tertiary/aromatic N) is 6. The number of aromatic nitrogens is 4. The summed E-state index contributed by atoms with van der Waals surface area (Å²) in [5.74, 6) is 0.356. The van der Waals surface area contributed by atoms with Crippen LogP contribution in [0.4, 0.5) is 27.5 Å². The normalized spacial score (nSPS) is 17.5. The lowest BCUT2D eigenvalue weighted by molar-refractivity contribution is -0.122. The predicted octanol–water partition coefficient (Wildman–Crippen LogP) is 3.94. The van der Waals surface area contributed by atoms with Gasteiger partial charge in [0.25, 0.3) is 11.5 Å². The molecule has 0 radical (unpaired) electrons. The minimum Gasteiger partial charge on any atom is -0.383 e. The number of rotatable bonds is 28. The van der Waals surface area contributed by atoms with Crippen molar-refractivity contribution in [2.75, 3.05) is 134 Å². The van der Waals surface area contributed by atoms with Crippen LogP contribution >= 0.6 is 11.8 Å². The van der Waals surface area contributed by atoms with Crippen LogP contribution in [0.1, 0.15) is 70.5 Å². The molecule has 0 spiro atoms. The molecule has 1 aliphatic carbocycles. The number of halogens is 1. The van der Waals surface area contributed by atoms with E-state index in [9.17, 15) is 23.6 Å². The number of pyridine rings is 2. The van der Waals surface area contributed by atoms with E-state index in [4.69, 9.17) is 28.7 Å². The zero-order chi connectivity index (χ0) is 50.0. The van der Waals surface area contributed by atoms with Crippen molar-refractivity contribution in [3.63, 3.8) is 0 Å². The van der Waals surface area contributed by atoms with Crippen molar-refractivity contribution >= 4 is 63.5 Å². The summed E-state index contributed by atoms with van der Waals surface area (Å²) in [5.41, 5.74) is 2.83. The quantitative estimate of drug-likeness (QED) is 0.0401. The van der Waals surface area contributed by atoms with Gasteiger partial charge in [-0.1, -0.05) is 24.6 Å². The Morgan fingerprint density at radius 3 is 2.10 bits per heavy atom. The first-order valence-corrected chi connectivity index (χ1v) is 25.4. The Morgan fingerprint density at radius 1 is 0.831 bits per heavy atom. The minimum atomic E-state index is -1.02. The molecular weight excluding hydrogens is 938 g/mol. The highest BCUT2D eigenvalue weighted by molar-refractivity contribution is 8.00. The van der Waals surface area contributed by atoms with Crippen molar-refractivity contribution in [3.8, 4) is 0 Å². The molecule has 1 saturated carbocycles. The summed E-state index contributed by atoms with van der Waals surface area (Å²) >= 11 is 1.05. The number of hydrogen-bond acceptors (Lipinski definition) is 18. The first kappa shape index (κ1) is 53.5. The third-order valence-electron chi connectivity index (χ3n) is 12.5. The second-order valence-corrected chi connectivity index (χ2v) is 18.8. The summed E-state index contributed by atoms with van der Waals surface area (Å²) in [7, 11) is 0. The van der Waals surface area contributed by atoms with Crippen molar-refractivity contribution in [2.45, 2.75) is 63.5 Å². The number of thioether (sulfide) groups is 1. The van der Waals surface area contributed by atoms with E-state index in [0.717, 1.165) is 80.6 Å². The van der Waals surface area contributed by atoms with E-state index >= 15 is 0 Å². The molecule has 0 bridgehead atoms. The Morgan fingerprint density at radius 2 is 1.49 bits per heavy atom. The van der Waals surface area contributed by atoms with E-state index in [1.807, 2.05) is 31.2 Å². The van der Waals surface area contributed by atoms with Gasteiger partial charge in [0.05, 0.1) is 90.1 Å². The number of nitrogens with one attached hydrogen (secondary N) is 5. The highest BCUT2D eigenvalue weighted by atomic mass is 32.2. The van der Waals surface area contributed by atoms with E-state index in [1.54, 1.807) is 30.0 Å². The zero-order valence-corrected chi connectivity index (χ0v) is 41.8. The Bertz CT molecular complexity index is 2440. The summed E-state index contributed by atoms with van der Waals surface area (Å²) in [5, 5.41) is 15.8. The summed E-state index contributed by atoms with van der Waals surface area (Å²) in [6, 6.07) is 9.36. The number of anilines is 4. The van der Waals surface area contributed by atoms with Crippen molar-refractivity contribution in [3.05, 3.63) is 75.3 Å². The Hall–Kier alpha value is -5.33. The number of amides is 2. The monoisotopic (exact) mass is 1010 g/mol. The van der Waals surface area contributed by atoms with Crippen molar-refractivity contribution < 1.29 is 42.5 Å². The fourth-order valence-corrected chi connectivity index (χ4v) is 9.61. The molecule has 3 fully saturated rings. The van der Waals surface area contributed by atoms with E-state index in [1.165, 1.54) is 6.92 Å². The van der Waals surface area contributed by atoms with Gasteiger partial charge in [-0.05, 0) is 75.1 Å². The number of benzene rings is 1. The van der Waals surface area contributed by atoms with Crippen LogP contribution in [0.2, 0.25) is 0 Å². The molecule has 2 aliphatic heterocycles. The number of fused-ring (bicyclic) bond motifs is 1. The predicted molar refractivity (Wildman–Crippen MR) is 271 cm³/mol. The molecular formula is C49H68FN11O9S. The number of aryl methyl sites for hydroxylation is 2. The molecule has 7 rings (SSSR count). The van der Waals surface area contributed by atoms with Gasteiger partial charge in [-0.2, -0.15) is 4.98 Å². The molecule has 22 heteroatoms. The lowest BCUT2D eigenvalue weighted by Crippen LogP contribution is -2.49. The third kappa shape index (κ3) is 15.8. The summed E-state index contributed by atoms with van der Waals surface area (Å²) in [4.78, 5) is 69.4. The van der Waals surface area contributed by atoms with Crippen molar-refractivity contribution in [1.82, 2.24) is 40.4 Å². The van der Waals surface area contributed by atoms with Crippen molar-refractivity contribution in [1.29, 1.82) is 0 Å². The number of ether oxygens (including phenoxy) is 5. The standard InChI is InChI=1S/C49H68FN11O9S/c1-33-28-36(8-10-39(33)46(64)58-49-55-31-41(50)71-49)51-12-18-66-20-22-68-24-26-70-27-25-69-23-21-67-19-13-52-43(63)32-59-14-16-60(17-15-59)38-9-11-42(53-29-38)56-48-54-30-40-34(2)44(35(3)62)47(65)61(45(40)57-48)37-6-4-5-7-37/h8-11,28-30,37,41,49,51,55H,4-7,12-27,31-32H2,1-3H3,(H,52,63)(H,58,64)(H,53,54,56,57). The Balaban J connectivity index is 0.659. The molecule has 2 atom stereocenters. The summed E-state index contributed by atoms with van der Waals surface area (Å²) in [6.07, 6.45) is 7.29. The van der Waals surface area contributed by atoms with Gasteiger partial charge in [-0.3, -0.25) is 34.0 Å². The van der Waals surface area contributed by atoms with Crippen LogP contribution in [0.25, 0.3) is 11.0 Å². The second kappa shape index (κ2) is 27.5. The molecule has 4 aromatic rings. The molecule has 3 aliphatic rings. The zero-order valence-electron chi connectivity index (χ0n) is 41.0. The lowest BCUT2D eigenvalue weighted by Gasteiger charge is -2.35. The first-order valence-electron chi connectivity index (χ1n) is 24.5. The summed E-state index contributed by atoms with van der Waals surface area (Å²) in [6.45, 7) is 14.0. The highest BCUT2D eigenvalue weighted by Gasteiger charge is 2.28. The van der Waals surface area contributed by atoms with Crippen LogP contribution in [0.15, 0.2) is 47.5 Å². The van der Waals surface area contributed by atoms with Gasteiger partial charge >= 0.3 is 0 Å². The smallest absolute Gasteiger partial charge is 0.263 e.